The van der Waals surface area contributed by atoms with E-state index in [-0.39, 0.29) is 42.5 Å². The molecule has 0 aromatic heterocycles. The van der Waals surface area contributed by atoms with Gasteiger partial charge in [-0.2, -0.15) is 0 Å². The van der Waals surface area contributed by atoms with Gasteiger partial charge in [-0.05, 0) is 82.1 Å². The molecule has 1 aliphatic heterocycles. The van der Waals surface area contributed by atoms with Crippen LogP contribution in [0.4, 0.5) is 0 Å². The summed E-state index contributed by atoms with van der Waals surface area (Å²) in [5.74, 6) is 1.60. The summed E-state index contributed by atoms with van der Waals surface area (Å²) in [5, 5.41) is 9.08. The Labute approximate surface area is 230 Å². The molecule has 0 bridgehead atoms. The molecule has 6 heteroatoms. The first kappa shape index (κ1) is 30.8. The number of rotatable bonds is 16. The second-order valence-corrected chi connectivity index (χ2v) is 11.3. The van der Waals surface area contributed by atoms with Crippen molar-refractivity contribution in [3.05, 3.63) is 36.5 Å². The Balaban J connectivity index is 1.51. The summed E-state index contributed by atoms with van der Waals surface area (Å²) in [7, 11) is 0. The predicted octanol–water partition coefficient (Wildman–Crippen LogP) is 6.00. The lowest BCUT2D eigenvalue weighted by atomic mass is 9.89. The molecule has 3 aliphatic rings. The highest BCUT2D eigenvalue weighted by Crippen LogP contribution is 2.38. The van der Waals surface area contributed by atoms with Crippen molar-refractivity contribution in [1.29, 1.82) is 0 Å². The fourth-order valence-corrected chi connectivity index (χ4v) is 6.22. The maximum Gasteiger partial charge on any atom is 0.222 e. The minimum atomic E-state index is -0.135. The van der Waals surface area contributed by atoms with Crippen molar-refractivity contribution in [3.8, 4) is 0 Å². The van der Waals surface area contributed by atoms with Crippen LogP contribution in [0.2, 0.25) is 0 Å². The Morgan fingerprint density at radius 2 is 2.11 bits per heavy atom. The number of hydrogen-bond donors (Lipinski definition) is 1. The molecule has 0 aromatic carbocycles. The largest absolute Gasteiger partial charge is 0.395 e. The van der Waals surface area contributed by atoms with Gasteiger partial charge in [0.05, 0.1) is 12.7 Å². The summed E-state index contributed by atoms with van der Waals surface area (Å²) in [5.41, 5.74) is 0. The number of aliphatic hydroxyl groups excluding tert-OH is 1. The number of ether oxygens (including phenoxy) is 2. The summed E-state index contributed by atoms with van der Waals surface area (Å²) >= 11 is 0. The molecule has 0 aromatic rings. The van der Waals surface area contributed by atoms with E-state index < -0.39 is 0 Å². The molecule has 3 unspecified atom stereocenters. The van der Waals surface area contributed by atoms with Crippen LogP contribution in [-0.4, -0.2) is 60.4 Å². The average molecular weight is 530 g/mol. The Bertz CT molecular complexity index is 800. The van der Waals surface area contributed by atoms with Crippen LogP contribution >= 0.6 is 0 Å². The minimum Gasteiger partial charge on any atom is -0.395 e. The van der Waals surface area contributed by atoms with E-state index in [1.165, 1.54) is 32.1 Å². The normalized spacial score (nSPS) is 28.6. The summed E-state index contributed by atoms with van der Waals surface area (Å²) in [6, 6.07) is 0. The molecule has 1 saturated carbocycles. The average Bonchev–Trinajstić information content (AvgIpc) is 3.54. The molecule has 2 fully saturated rings. The minimum absolute atomic E-state index is 0.00395. The fraction of sp³-hybridized carbons (Fsp3) is 0.750. The van der Waals surface area contributed by atoms with Crippen LogP contribution in [0.15, 0.2) is 36.5 Å². The van der Waals surface area contributed by atoms with Crippen LogP contribution < -0.4 is 0 Å². The molecule has 6 atom stereocenters. The first-order valence-corrected chi connectivity index (χ1v) is 15.3. The lowest BCUT2D eigenvalue weighted by Crippen LogP contribution is -2.33. The SMILES string of the molecule is CCCC1CCC([C@H](/C=C/[C@H]2C(=O)C=C[C@@H]2C/C=C\CCCC(=O)N(CC)CCO)OC2CCCCO2)C1. The van der Waals surface area contributed by atoms with Crippen molar-refractivity contribution in [3.63, 3.8) is 0 Å². The number of amides is 1. The van der Waals surface area contributed by atoms with Crippen LogP contribution in [-0.2, 0) is 19.1 Å². The zero-order valence-corrected chi connectivity index (χ0v) is 23.8. The second-order valence-electron chi connectivity index (χ2n) is 11.3. The van der Waals surface area contributed by atoms with Gasteiger partial charge < -0.3 is 19.5 Å². The van der Waals surface area contributed by atoms with Crippen LogP contribution in [0.3, 0.4) is 0 Å². The molecule has 1 N–H and O–H groups in total. The highest BCUT2D eigenvalue weighted by Gasteiger charge is 2.33. The third kappa shape index (κ3) is 9.77. The molecule has 1 saturated heterocycles. The Hall–Kier alpha value is -1.76. The van der Waals surface area contributed by atoms with Crippen molar-refractivity contribution in [2.45, 2.75) is 103 Å². The molecule has 38 heavy (non-hydrogen) atoms. The maximum absolute atomic E-state index is 12.7. The first-order valence-electron chi connectivity index (χ1n) is 15.3. The van der Waals surface area contributed by atoms with E-state index in [9.17, 15) is 9.59 Å². The van der Waals surface area contributed by atoms with E-state index in [1.807, 2.05) is 13.0 Å². The van der Waals surface area contributed by atoms with E-state index in [1.54, 1.807) is 11.0 Å². The quantitative estimate of drug-likeness (QED) is 0.196. The molecule has 2 aliphatic carbocycles. The molecule has 3 rings (SSSR count). The van der Waals surface area contributed by atoms with E-state index in [2.05, 4.69) is 31.2 Å². The molecule has 1 amide bonds. The summed E-state index contributed by atoms with van der Waals surface area (Å²) in [6.07, 6.45) is 24.6. The number of allylic oxidation sites excluding steroid dienone is 5. The van der Waals surface area contributed by atoms with Gasteiger partial charge in [-0.15, -0.1) is 0 Å². The maximum atomic E-state index is 12.7. The number of carbonyl (C=O) groups excluding carboxylic acids is 2. The number of likely N-dealkylation sites (N-methyl/N-ethyl adjacent to an activating group) is 1. The number of hydrogen-bond acceptors (Lipinski definition) is 5. The summed E-state index contributed by atoms with van der Waals surface area (Å²) in [4.78, 5) is 26.6. The molecular formula is C32H51NO5. The van der Waals surface area contributed by atoms with Gasteiger partial charge in [0.1, 0.15) is 0 Å². The van der Waals surface area contributed by atoms with Crippen LogP contribution in [0.5, 0.6) is 0 Å². The van der Waals surface area contributed by atoms with E-state index in [0.29, 0.717) is 25.4 Å². The highest BCUT2D eigenvalue weighted by molar-refractivity contribution is 5.95. The lowest BCUT2D eigenvalue weighted by molar-refractivity contribution is -0.187. The van der Waals surface area contributed by atoms with E-state index >= 15 is 0 Å². The Kier molecular flexibility index (Phi) is 13.8. The third-order valence-electron chi connectivity index (χ3n) is 8.44. The van der Waals surface area contributed by atoms with Crippen molar-refractivity contribution in [2.75, 3.05) is 26.3 Å². The van der Waals surface area contributed by atoms with Crippen molar-refractivity contribution in [1.82, 2.24) is 4.90 Å². The van der Waals surface area contributed by atoms with Gasteiger partial charge in [0.15, 0.2) is 12.1 Å². The summed E-state index contributed by atoms with van der Waals surface area (Å²) in [6.45, 7) is 6.02. The van der Waals surface area contributed by atoms with Gasteiger partial charge in [0, 0.05) is 32.0 Å². The van der Waals surface area contributed by atoms with Gasteiger partial charge in [-0.3, -0.25) is 9.59 Å². The number of carbonyl (C=O) groups is 2. The van der Waals surface area contributed by atoms with Gasteiger partial charge >= 0.3 is 0 Å². The van der Waals surface area contributed by atoms with Gasteiger partial charge in [0.25, 0.3) is 0 Å². The first-order chi connectivity index (χ1) is 18.5. The topological polar surface area (TPSA) is 76.1 Å². The third-order valence-corrected chi connectivity index (χ3v) is 8.44. The fourth-order valence-electron chi connectivity index (χ4n) is 6.22. The van der Waals surface area contributed by atoms with Crippen molar-refractivity contribution in [2.24, 2.45) is 23.7 Å². The predicted molar refractivity (Wildman–Crippen MR) is 151 cm³/mol. The van der Waals surface area contributed by atoms with E-state index in [0.717, 1.165) is 51.0 Å². The smallest absolute Gasteiger partial charge is 0.222 e. The molecule has 0 spiro atoms. The number of unbranched alkanes of at least 4 members (excludes halogenated alkanes) is 1. The van der Waals surface area contributed by atoms with Gasteiger partial charge in [-0.1, -0.05) is 56.6 Å². The molecule has 1 heterocycles. The molecule has 214 valence electrons. The number of nitrogens with zero attached hydrogens (tertiary/aromatic N) is 1. The van der Waals surface area contributed by atoms with Crippen molar-refractivity contribution >= 4 is 11.7 Å². The van der Waals surface area contributed by atoms with Crippen LogP contribution in [0, 0.1) is 23.7 Å². The number of ketones is 1. The Morgan fingerprint density at radius 3 is 2.84 bits per heavy atom. The molecule has 0 radical (unpaired) electrons. The highest BCUT2D eigenvalue weighted by atomic mass is 16.7. The summed E-state index contributed by atoms with van der Waals surface area (Å²) < 4.78 is 12.4. The Morgan fingerprint density at radius 1 is 1.24 bits per heavy atom. The number of aliphatic hydroxyl groups is 1. The zero-order valence-electron chi connectivity index (χ0n) is 23.8. The standard InChI is InChI=1S/C32H51NO5/c1-3-11-25-15-16-27(24-25)30(38-32-14-9-10-23-37-32)20-18-28-26(17-19-29(28)35)12-7-5-6-8-13-31(36)33(4-2)21-22-34/h5,7,17-20,25-28,30,32,34H,3-4,6,8-16,21-24H2,1-2H3/b7-5-,20-18+/t25?,26-,27?,28+,30-,32?/m0/s1. The molecular weight excluding hydrogens is 478 g/mol. The van der Waals surface area contributed by atoms with Gasteiger partial charge in [-0.25, -0.2) is 0 Å². The zero-order chi connectivity index (χ0) is 27.2. The van der Waals surface area contributed by atoms with Crippen LogP contribution in [0.25, 0.3) is 0 Å². The second kappa shape index (κ2) is 17.0. The van der Waals surface area contributed by atoms with E-state index in [4.69, 9.17) is 14.6 Å². The lowest BCUT2D eigenvalue weighted by Gasteiger charge is -2.30. The van der Waals surface area contributed by atoms with Crippen LogP contribution in [0.1, 0.15) is 90.9 Å². The van der Waals surface area contributed by atoms with Crippen molar-refractivity contribution < 1.29 is 24.2 Å². The molecule has 6 nitrogen and oxygen atoms in total. The van der Waals surface area contributed by atoms with Gasteiger partial charge in [0.2, 0.25) is 5.91 Å². The monoisotopic (exact) mass is 529 g/mol.